The maximum atomic E-state index is 11.7. The molecule has 0 radical (unpaired) electrons. The summed E-state index contributed by atoms with van der Waals surface area (Å²) in [6.45, 7) is 5.99. The number of ether oxygens (including phenoxy) is 2. The Kier molecular flexibility index (Phi) is 5.47. The first-order chi connectivity index (χ1) is 9.20. The third kappa shape index (κ3) is 5.14. The first-order valence-corrected chi connectivity index (χ1v) is 6.33. The molecule has 110 valence electrons. The van der Waals surface area contributed by atoms with Crippen molar-refractivity contribution in [1.29, 1.82) is 0 Å². The minimum Gasteiger partial charge on any atom is -0.460 e. The Labute approximate surface area is 121 Å². The molecule has 0 saturated heterocycles. The van der Waals surface area contributed by atoms with E-state index in [0.717, 1.165) is 6.07 Å². The molecule has 0 aliphatic rings. The average Bonchev–Trinajstić information content (AvgIpc) is 2.33. The van der Waals surface area contributed by atoms with Gasteiger partial charge in [-0.05, 0) is 32.9 Å². The molecule has 7 heteroatoms. The zero-order chi connectivity index (χ0) is 15.3. The second-order valence-electron chi connectivity index (χ2n) is 5.02. The molecular weight excluding hydrogens is 286 g/mol. The molecule has 0 spiro atoms. The van der Waals surface area contributed by atoms with Crippen LogP contribution in [-0.4, -0.2) is 29.7 Å². The average molecular weight is 302 g/mol. The van der Waals surface area contributed by atoms with E-state index in [1.165, 1.54) is 12.1 Å². The lowest BCUT2D eigenvalue weighted by Gasteiger charge is -2.19. The van der Waals surface area contributed by atoms with Crippen molar-refractivity contribution in [2.24, 2.45) is 0 Å². The Morgan fingerprint density at radius 1 is 1.35 bits per heavy atom. The molecule has 0 atom stereocenters. The number of carbonyl (C=O) groups is 1. The molecule has 1 aromatic rings. The second kappa shape index (κ2) is 6.67. The Hall–Kier alpha value is -1.66. The lowest BCUT2D eigenvalue weighted by Crippen LogP contribution is -2.22. The minimum atomic E-state index is -0.651. The van der Waals surface area contributed by atoms with Gasteiger partial charge in [-0.2, -0.15) is 0 Å². The fraction of sp³-hybridized carbons (Fsp3) is 0.462. The van der Waals surface area contributed by atoms with Gasteiger partial charge in [-0.3, -0.25) is 10.1 Å². The molecular formula is C13H16ClNO5. The first kappa shape index (κ1) is 16.4. The topological polar surface area (TPSA) is 78.7 Å². The van der Waals surface area contributed by atoms with Gasteiger partial charge in [0.2, 0.25) is 0 Å². The van der Waals surface area contributed by atoms with Crippen LogP contribution in [0.4, 0.5) is 5.69 Å². The number of benzene rings is 1. The molecule has 0 aliphatic carbocycles. The van der Waals surface area contributed by atoms with Gasteiger partial charge in [0.25, 0.3) is 5.69 Å². The summed E-state index contributed by atoms with van der Waals surface area (Å²) in [5, 5.41) is 10.7. The van der Waals surface area contributed by atoms with Crippen molar-refractivity contribution in [3.05, 3.63) is 38.9 Å². The van der Waals surface area contributed by atoms with Gasteiger partial charge in [0.15, 0.2) is 0 Å². The van der Waals surface area contributed by atoms with Gasteiger partial charge in [0, 0.05) is 6.07 Å². The quantitative estimate of drug-likeness (QED) is 0.361. The summed E-state index contributed by atoms with van der Waals surface area (Å²) >= 11 is 5.66. The van der Waals surface area contributed by atoms with Gasteiger partial charge in [-0.15, -0.1) is 0 Å². The molecule has 0 fully saturated rings. The number of nitro groups is 1. The number of rotatable bonds is 5. The van der Waals surface area contributed by atoms with E-state index in [2.05, 4.69) is 0 Å². The van der Waals surface area contributed by atoms with Crippen LogP contribution in [0.1, 0.15) is 31.1 Å². The van der Waals surface area contributed by atoms with E-state index in [1.54, 1.807) is 0 Å². The number of hydrogen-bond acceptors (Lipinski definition) is 5. The van der Waals surface area contributed by atoms with Gasteiger partial charge in [0.1, 0.15) is 11.6 Å². The third-order valence-corrected chi connectivity index (χ3v) is 2.55. The molecule has 0 unspecified atom stereocenters. The van der Waals surface area contributed by atoms with Crippen LogP contribution in [0.3, 0.4) is 0 Å². The Bertz CT molecular complexity index is 510. The van der Waals surface area contributed by atoms with Crippen molar-refractivity contribution in [2.45, 2.75) is 26.4 Å². The highest BCUT2D eigenvalue weighted by Gasteiger charge is 2.17. The highest BCUT2D eigenvalue weighted by Crippen LogP contribution is 2.25. The summed E-state index contributed by atoms with van der Waals surface area (Å²) in [7, 11) is 0. The van der Waals surface area contributed by atoms with Crippen LogP contribution in [0.5, 0.6) is 0 Å². The zero-order valence-corrected chi connectivity index (χ0v) is 12.3. The normalized spacial score (nSPS) is 11.2. The van der Waals surface area contributed by atoms with E-state index >= 15 is 0 Å². The smallest absolute Gasteiger partial charge is 0.338 e. The fourth-order valence-corrected chi connectivity index (χ4v) is 1.53. The van der Waals surface area contributed by atoms with Gasteiger partial charge in [-0.1, -0.05) is 11.6 Å². The maximum absolute atomic E-state index is 11.7. The summed E-state index contributed by atoms with van der Waals surface area (Å²) in [4.78, 5) is 21.8. The molecule has 1 rings (SSSR count). The Morgan fingerprint density at radius 2 is 2.00 bits per heavy atom. The van der Waals surface area contributed by atoms with Crippen molar-refractivity contribution in [3.8, 4) is 0 Å². The van der Waals surface area contributed by atoms with E-state index in [1.807, 2.05) is 20.8 Å². The van der Waals surface area contributed by atoms with Crippen LogP contribution in [0.2, 0.25) is 5.02 Å². The molecule has 0 aromatic heterocycles. The number of halogens is 1. The summed E-state index contributed by atoms with van der Waals surface area (Å²) in [6.07, 6.45) is 0. The molecule has 20 heavy (non-hydrogen) atoms. The van der Waals surface area contributed by atoms with Crippen LogP contribution in [-0.2, 0) is 9.47 Å². The van der Waals surface area contributed by atoms with Crippen molar-refractivity contribution in [2.75, 3.05) is 13.2 Å². The fourth-order valence-electron chi connectivity index (χ4n) is 1.35. The highest BCUT2D eigenvalue weighted by atomic mass is 35.5. The number of hydrogen-bond donors (Lipinski definition) is 0. The third-order valence-electron chi connectivity index (χ3n) is 2.23. The zero-order valence-electron chi connectivity index (χ0n) is 11.5. The largest absolute Gasteiger partial charge is 0.460 e. The van der Waals surface area contributed by atoms with E-state index < -0.39 is 10.9 Å². The van der Waals surface area contributed by atoms with Crippen LogP contribution in [0.15, 0.2) is 18.2 Å². The van der Waals surface area contributed by atoms with Crippen LogP contribution in [0, 0.1) is 10.1 Å². The monoisotopic (exact) mass is 301 g/mol. The predicted molar refractivity (Wildman–Crippen MR) is 74.1 cm³/mol. The molecule has 0 bridgehead atoms. The maximum Gasteiger partial charge on any atom is 0.338 e. The van der Waals surface area contributed by atoms with Gasteiger partial charge in [-0.25, -0.2) is 4.79 Å². The molecule has 1 aromatic carbocycles. The van der Waals surface area contributed by atoms with E-state index in [-0.39, 0.29) is 35.1 Å². The number of nitrogens with zero attached hydrogens (tertiary/aromatic N) is 1. The minimum absolute atomic E-state index is 0.0254. The first-order valence-electron chi connectivity index (χ1n) is 5.96. The van der Waals surface area contributed by atoms with Gasteiger partial charge >= 0.3 is 5.97 Å². The molecule has 0 N–H and O–H groups in total. The van der Waals surface area contributed by atoms with Crippen LogP contribution in [0.25, 0.3) is 0 Å². The van der Waals surface area contributed by atoms with Crippen LogP contribution < -0.4 is 0 Å². The number of carbonyl (C=O) groups excluding carboxylic acids is 1. The highest BCUT2D eigenvalue weighted by molar-refractivity contribution is 6.32. The lowest BCUT2D eigenvalue weighted by atomic mass is 10.2. The predicted octanol–water partition coefficient (Wildman–Crippen LogP) is 3.22. The van der Waals surface area contributed by atoms with E-state index in [0.29, 0.717) is 0 Å². The van der Waals surface area contributed by atoms with Crippen molar-refractivity contribution in [3.63, 3.8) is 0 Å². The number of nitro benzene ring substituents is 1. The van der Waals surface area contributed by atoms with Crippen molar-refractivity contribution < 1.29 is 19.2 Å². The van der Waals surface area contributed by atoms with E-state index in [9.17, 15) is 14.9 Å². The Morgan fingerprint density at radius 3 is 2.55 bits per heavy atom. The summed E-state index contributed by atoms with van der Waals surface area (Å²) in [5.74, 6) is -0.651. The number of esters is 1. The molecule has 6 nitrogen and oxygen atoms in total. The second-order valence-corrected chi connectivity index (χ2v) is 5.43. The SMILES string of the molecule is CC(C)(C)OCCOC(=O)c1ccc(Cl)c([N+](=O)[O-])c1. The van der Waals surface area contributed by atoms with Crippen molar-refractivity contribution in [1.82, 2.24) is 0 Å². The van der Waals surface area contributed by atoms with Crippen molar-refractivity contribution >= 4 is 23.3 Å². The van der Waals surface area contributed by atoms with Crippen LogP contribution >= 0.6 is 11.6 Å². The van der Waals surface area contributed by atoms with E-state index in [4.69, 9.17) is 21.1 Å². The summed E-state index contributed by atoms with van der Waals surface area (Å²) in [5.41, 5.74) is -0.560. The standard InChI is InChI=1S/C13H16ClNO5/c1-13(2,3)20-7-6-19-12(16)9-4-5-10(14)11(8-9)15(17)18/h4-5,8H,6-7H2,1-3H3. The molecule has 0 aliphatic heterocycles. The van der Waals surface area contributed by atoms with Gasteiger partial charge < -0.3 is 9.47 Å². The Balaban J connectivity index is 2.60. The molecule has 0 amide bonds. The van der Waals surface area contributed by atoms with Gasteiger partial charge in [0.05, 0.1) is 22.7 Å². The molecule has 0 saturated carbocycles. The lowest BCUT2D eigenvalue weighted by molar-refractivity contribution is -0.384. The molecule has 0 heterocycles. The summed E-state index contributed by atoms with van der Waals surface area (Å²) in [6, 6.07) is 3.76. The summed E-state index contributed by atoms with van der Waals surface area (Å²) < 4.78 is 10.4.